The predicted octanol–water partition coefficient (Wildman–Crippen LogP) is -2.60. The summed E-state index contributed by atoms with van der Waals surface area (Å²) in [5.41, 5.74) is 5.50. The van der Waals surface area contributed by atoms with E-state index in [2.05, 4.69) is 0 Å². The van der Waals surface area contributed by atoms with Crippen LogP contribution in [0.1, 0.15) is 0 Å². The van der Waals surface area contributed by atoms with Crippen molar-refractivity contribution in [2.24, 2.45) is 5.73 Å². The zero-order chi connectivity index (χ0) is 10.0. The highest BCUT2D eigenvalue weighted by Gasteiger charge is 2.42. The SMILES string of the molecule is CO[C@H]1O[C@H](CO)[C@@H](O)[C@H](O)[C@H]1N. The van der Waals surface area contributed by atoms with Crippen molar-refractivity contribution >= 4 is 0 Å². The van der Waals surface area contributed by atoms with E-state index in [1.807, 2.05) is 0 Å². The number of rotatable bonds is 2. The summed E-state index contributed by atoms with van der Waals surface area (Å²) in [5, 5.41) is 27.5. The van der Waals surface area contributed by atoms with E-state index < -0.39 is 30.6 Å². The van der Waals surface area contributed by atoms with Crippen molar-refractivity contribution in [3.8, 4) is 0 Å². The quantitative estimate of drug-likeness (QED) is 0.383. The van der Waals surface area contributed by atoms with Gasteiger partial charge in [-0.15, -0.1) is 0 Å². The summed E-state index contributed by atoms with van der Waals surface area (Å²) in [6.07, 6.45) is -3.96. The molecule has 1 aliphatic heterocycles. The Morgan fingerprint density at radius 1 is 1.38 bits per heavy atom. The topological polar surface area (TPSA) is 105 Å². The molecule has 0 radical (unpaired) electrons. The number of hydrogen-bond acceptors (Lipinski definition) is 6. The van der Waals surface area contributed by atoms with Gasteiger partial charge in [-0.2, -0.15) is 0 Å². The highest BCUT2D eigenvalue weighted by atomic mass is 16.7. The highest BCUT2D eigenvalue weighted by Crippen LogP contribution is 2.19. The minimum absolute atomic E-state index is 0.384. The van der Waals surface area contributed by atoms with Gasteiger partial charge in [0.25, 0.3) is 0 Å². The van der Waals surface area contributed by atoms with Crippen LogP contribution in [0.3, 0.4) is 0 Å². The molecule has 13 heavy (non-hydrogen) atoms. The van der Waals surface area contributed by atoms with Gasteiger partial charge in [0.15, 0.2) is 6.29 Å². The molecule has 6 nitrogen and oxygen atoms in total. The molecule has 0 aliphatic carbocycles. The second-order valence-corrected chi connectivity index (χ2v) is 3.02. The van der Waals surface area contributed by atoms with Gasteiger partial charge >= 0.3 is 0 Å². The third-order valence-electron chi connectivity index (χ3n) is 2.16. The summed E-state index contributed by atoms with van der Waals surface area (Å²) in [7, 11) is 1.38. The molecule has 5 atom stereocenters. The summed E-state index contributed by atoms with van der Waals surface area (Å²) in [6, 6.07) is -0.803. The molecule has 0 aromatic rings. The molecule has 0 aromatic heterocycles. The summed E-state index contributed by atoms with van der Waals surface area (Å²) in [6.45, 7) is -0.384. The molecule has 5 N–H and O–H groups in total. The van der Waals surface area contributed by atoms with Crippen LogP contribution in [0, 0.1) is 0 Å². The lowest BCUT2D eigenvalue weighted by Gasteiger charge is -2.39. The van der Waals surface area contributed by atoms with Crippen LogP contribution < -0.4 is 5.73 Å². The molecule has 0 amide bonds. The average molecular weight is 193 g/mol. The van der Waals surface area contributed by atoms with Gasteiger partial charge in [-0.05, 0) is 0 Å². The molecule has 0 spiro atoms. The molecule has 78 valence electrons. The van der Waals surface area contributed by atoms with Gasteiger partial charge in [0.05, 0.1) is 12.6 Å². The van der Waals surface area contributed by atoms with E-state index in [0.29, 0.717) is 0 Å². The first-order valence-electron chi connectivity index (χ1n) is 4.02. The molecule has 0 bridgehead atoms. The van der Waals surface area contributed by atoms with Gasteiger partial charge in [-0.25, -0.2) is 0 Å². The van der Waals surface area contributed by atoms with E-state index in [1.165, 1.54) is 7.11 Å². The van der Waals surface area contributed by atoms with Crippen LogP contribution in [0.25, 0.3) is 0 Å². The second-order valence-electron chi connectivity index (χ2n) is 3.02. The Hall–Kier alpha value is -0.240. The Morgan fingerprint density at radius 2 is 2.00 bits per heavy atom. The Morgan fingerprint density at radius 3 is 2.46 bits per heavy atom. The van der Waals surface area contributed by atoms with E-state index in [9.17, 15) is 10.2 Å². The fourth-order valence-electron chi connectivity index (χ4n) is 1.32. The number of aliphatic hydroxyl groups excluding tert-OH is 3. The van der Waals surface area contributed by atoms with Gasteiger partial charge in [0, 0.05) is 7.11 Å². The first kappa shape index (κ1) is 10.8. The lowest BCUT2D eigenvalue weighted by Crippen LogP contribution is -2.62. The lowest BCUT2D eigenvalue weighted by atomic mass is 9.98. The molecule has 0 aromatic carbocycles. The van der Waals surface area contributed by atoms with Crippen molar-refractivity contribution in [1.29, 1.82) is 0 Å². The lowest BCUT2D eigenvalue weighted by molar-refractivity contribution is -0.257. The van der Waals surface area contributed by atoms with Gasteiger partial charge in [-0.1, -0.05) is 0 Å². The molecular weight excluding hydrogens is 178 g/mol. The van der Waals surface area contributed by atoms with Gasteiger partial charge < -0.3 is 30.5 Å². The van der Waals surface area contributed by atoms with Gasteiger partial charge in [-0.3, -0.25) is 0 Å². The van der Waals surface area contributed by atoms with Crippen molar-refractivity contribution in [2.75, 3.05) is 13.7 Å². The third-order valence-corrected chi connectivity index (χ3v) is 2.16. The van der Waals surface area contributed by atoms with Crippen molar-refractivity contribution in [3.63, 3.8) is 0 Å². The zero-order valence-electron chi connectivity index (χ0n) is 7.33. The standard InChI is InChI=1S/C7H15NO5/c1-12-7-4(8)6(11)5(10)3(2-9)13-7/h3-7,9-11H,2,8H2,1H3/t3-,4-,5-,6-,7+/m1/s1. The first-order valence-corrected chi connectivity index (χ1v) is 4.02. The van der Waals surface area contributed by atoms with Crippen LogP contribution in [-0.2, 0) is 9.47 Å². The maximum Gasteiger partial charge on any atom is 0.175 e. The molecule has 1 fully saturated rings. The fraction of sp³-hybridized carbons (Fsp3) is 1.00. The van der Waals surface area contributed by atoms with E-state index in [1.54, 1.807) is 0 Å². The molecular formula is C7H15NO5. The van der Waals surface area contributed by atoms with Crippen molar-refractivity contribution < 1.29 is 24.8 Å². The zero-order valence-corrected chi connectivity index (χ0v) is 7.33. The normalized spacial score (nSPS) is 46.4. The van der Waals surface area contributed by atoms with Crippen LogP contribution in [0.4, 0.5) is 0 Å². The van der Waals surface area contributed by atoms with Crippen LogP contribution in [0.15, 0.2) is 0 Å². The van der Waals surface area contributed by atoms with Crippen molar-refractivity contribution in [3.05, 3.63) is 0 Å². The minimum atomic E-state index is -1.17. The Balaban J connectivity index is 2.66. The van der Waals surface area contributed by atoms with E-state index >= 15 is 0 Å². The summed E-state index contributed by atoms with van der Waals surface area (Å²) in [4.78, 5) is 0. The Bertz CT molecular complexity index is 147. The smallest absolute Gasteiger partial charge is 0.175 e. The van der Waals surface area contributed by atoms with Crippen LogP contribution in [-0.4, -0.2) is 59.7 Å². The monoisotopic (exact) mass is 193 g/mol. The van der Waals surface area contributed by atoms with Crippen molar-refractivity contribution in [1.82, 2.24) is 0 Å². The highest BCUT2D eigenvalue weighted by molar-refractivity contribution is 4.91. The van der Waals surface area contributed by atoms with Gasteiger partial charge in [0.2, 0.25) is 0 Å². The summed E-state index contributed by atoms with van der Waals surface area (Å²) >= 11 is 0. The molecule has 0 unspecified atom stereocenters. The number of nitrogens with two attached hydrogens (primary N) is 1. The summed E-state index contributed by atoms with van der Waals surface area (Å²) in [5.74, 6) is 0. The van der Waals surface area contributed by atoms with Crippen molar-refractivity contribution in [2.45, 2.75) is 30.6 Å². The third kappa shape index (κ3) is 1.98. The van der Waals surface area contributed by atoms with Crippen LogP contribution >= 0.6 is 0 Å². The Kier molecular flexibility index (Phi) is 3.60. The largest absolute Gasteiger partial charge is 0.394 e. The summed E-state index contributed by atoms with van der Waals surface area (Å²) < 4.78 is 9.90. The maximum atomic E-state index is 9.40. The maximum absolute atomic E-state index is 9.40. The molecule has 6 heteroatoms. The number of hydrogen-bond donors (Lipinski definition) is 4. The second kappa shape index (κ2) is 4.32. The Labute approximate surface area is 75.9 Å². The molecule has 1 heterocycles. The number of methoxy groups -OCH3 is 1. The average Bonchev–Trinajstić information content (AvgIpc) is 2.15. The van der Waals surface area contributed by atoms with Gasteiger partial charge in [0.1, 0.15) is 18.3 Å². The van der Waals surface area contributed by atoms with E-state index in [0.717, 1.165) is 0 Å². The first-order chi connectivity index (χ1) is 6.11. The minimum Gasteiger partial charge on any atom is -0.394 e. The predicted molar refractivity (Wildman–Crippen MR) is 42.7 cm³/mol. The molecule has 1 aliphatic rings. The van der Waals surface area contributed by atoms with Crippen LogP contribution in [0.2, 0.25) is 0 Å². The molecule has 1 rings (SSSR count). The number of aliphatic hydroxyl groups is 3. The van der Waals surface area contributed by atoms with E-state index in [-0.39, 0.29) is 6.61 Å². The van der Waals surface area contributed by atoms with E-state index in [4.69, 9.17) is 20.3 Å². The molecule has 1 saturated heterocycles. The fourth-order valence-corrected chi connectivity index (χ4v) is 1.32. The van der Waals surface area contributed by atoms with Crippen LogP contribution in [0.5, 0.6) is 0 Å². The molecule has 0 saturated carbocycles. The number of ether oxygens (including phenoxy) is 2.